The van der Waals surface area contributed by atoms with Crippen LogP contribution in [0.15, 0.2) is 44.7 Å². The van der Waals surface area contributed by atoms with Crippen molar-refractivity contribution in [2.24, 2.45) is 4.99 Å². The van der Waals surface area contributed by atoms with Crippen LogP contribution in [0.5, 0.6) is 0 Å². The Bertz CT molecular complexity index is 915. The van der Waals surface area contributed by atoms with Crippen LogP contribution in [0.25, 0.3) is 0 Å². The van der Waals surface area contributed by atoms with Gasteiger partial charge in [-0.05, 0) is 33.7 Å². The van der Waals surface area contributed by atoms with Gasteiger partial charge in [0.2, 0.25) is 0 Å². The molecule has 188 valence electrons. The van der Waals surface area contributed by atoms with Gasteiger partial charge < -0.3 is 9.15 Å². The number of oxazole rings is 1. The standard InChI is InChI=1S/C7H5ClF3NOS.C7H6F3NO2S.Cl3OP/c8-5-3-13-7(12-5)14-2-1-4(9)6(10)11;8-4(6(9)10)1-2-14-7-11-5(12)3-13-7;1-5(2,3)4/h3H,1-2H2;1-3H2;. The van der Waals surface area contributed by atoms with E-state index in [9.17, 15) is 35.7 Å². The predicted molar refractivity (Wildman–Crippen MR) is 118 cm³/mol. The van der Waals surface area contributed by atoms with Crippen LogP contribution in [-0.2, 0) is 14.1 Å². The first-order chi connectivity index (χ1) is 15.2. The molecule has 1 aromatic heterocycles. The fourth-order valence-electron chi connectivity index (χ4n) is 1.31. The third kappa shape index (κ3) is 19.5. The first kappa shape index (κ1) is 32.5. The van der Waals surface area contributed by atoms with Crippen LogP contribution in [0.4, 0.5) is 26.3 Å². The number of rotatable bonds is 7. The molecule has 1 aromatic rings. The smallest absolute Gasteiger partial charge is 0.339 e. The van der Waals surface area contributed by atoms with Gasteiger partial charge in [0.25, 0.3) is 16.4 Å². The van der Waals surface area contributed by atoms with Gasteiger partial charge in [-0.3, -0.25) is 9.36 Å². The number of amides is 1. The molecule has 1 aliphatic rings. The molecule has 0 spiro atoms. The summed E-state index contributed by atoms with van der Waals surface area (Å²) in [6.07, 6.45) is -4.13. The highest BCUT2D eigenvalue weighted by molar-refractivity contribution is 8.24. The van der Waals surface area contributed by atoms with E-state index in [1.54, 1.807) is 0 Å². The molecule has 1 aliphatic heterocycles. The number of carbonyl (C=O) groups excluding carboxylic acids is 1. The Morgan fingerprint density at radius 2 is 1.48 bits per heavy atom. The van der Waals surface area contributed by atoms with Crippen molar-refractivity contribution >= 4 is 85.2 Å². The Hall–Kier alpha value is -0.500. The number of thioether (sulfide) groups is 2. The second-order valence-electron chi connectivity index (χ2n) is 4.92. The van der Waals surface area contributed by atoms with Gasteiger partial charge in [0.05, 0.1) is 0 Å². The summed E-state index contributed by atoms with van der Waals surface area (Å²) >= 11 is 21.2. The van der Waals surface area contributed by atoms with E-state index in [4.69, 9.17) is 20.8 Å². The molecule has 0 atom stereocenters. The van der Waals surface area contributed by atoms with Crippen molar-refractivity contribution in [2.75, 3.05) is 18.1 Å². The minimum atomic E-state index is -3.22. The molecule has 2 heterocycles. The van der Waals surface area contributed by atoms with E-state index in [1.165, 1.54) is 6.26 Å². The molecule has 33 heavy (non-hydrogen) atoms. The third-order valence-electron chi connectivity index (χ3n) is 2.49. The highest BCUT2D eigenvalue weighted by Crippen LogP contribution is 2.61. The van der Waals surface area contributed by atoms with Gasteiger partial charge >= 0.3 is 17.4 Å². The molecular weight excluding hydrogens is 611 g/mol. The number of carbonyl (C=O) groups is 1. The summed E-state index contributed by atoms with van der Waals surface area (Å²) in [5.41, 5.74) is 0. The normalized spacial score (nSPS) is 12.5. The zero-order chi connectivity index (χ0) is 25.6. The Balaban J connectivity index is 0.000000517. The van der Waals surface area contributed by atoms with Crippen molar-refractivity contribution in [3.63, 3.8) is 0 Å². The molecule has 0 saturated heterocycles. The largest absolute Gasteiger partial charge is 0.463 e. The van der Waals surface area contributed by atoms with Crippen molar-refractivity contribution in [3.8, 4) is 0 Å². The van der Waals surface area contributed by atoms with Gasteiger partial charge in [0.15, 0.2) is 23.4 Å². The van der Waals surface area contributed by atoms with Crippen LogP contribution in [0.2, 0.25) is 5.15 Å². The van der Waals surface area contributed by atoms with Crippen LogP contribution in [0.3, 0.4) is 0 Å². The van der Waals surface area contributed by atoms with Crippen molar-refractivity contribution < 1.29 is 44.9 Å². The van der Waals surface area contributed by atoms with E-state index in [1.807, 2.05) is 0 Å². The molecule has 2 rings (SSSR count). The second kappa shape index (κ2) is 17.0. The Kier molecular flexibility index (Phi) is 16.8. The molecule has 0 aromatic carbocycles. The highest BCUT2D eigenvalue weighted by Gasteiger charge is 2.16. The Morgan fingerprint density at radius 1 is 1.00 bits per heavy atom. The SMILES string of the molecule is FC(F)=C(F)CCSc1nc(Cl)co1.O=C1COC(SCCC(F)=C(F)F)=N1.O=P(Cl)(Cl)Cl. The molecule has 19 heteroatoms. The zero-order valence-electron chi connectivity index (χ0n) is 15.7. The highest BCUT2D eigenvalue weighted by atomic mass is 36.0. The molecule has 0 unspecified atom stereocenters. The van der Waals surface area contributed by atoms with Crippen LogP contribution in [0.1, 0.15) is 12.8 Å². The molecule has 0 aliphatic carbocycles. The lowest BCUT2D eigenvalue weighted by molar-refractivity contribution is -0.118. The average molecular weight is 622 g/mol. The predicted octanol–water partition coefficient (Wildman–Crippen LogP) is 8.80. The van der Waals surface area contributed by atoms with Crippen molar-refractivity contribution in [2.45, 2.75) is 18.1 Å². The molecule has 1 amide bonds. The fourth-order valence-corrected chi connectivity index (χ4v) is 2.98. The monoisotopic (exact) mass is 620 g/mol. The van der Waals surface area contributed by atoms with Gasteiger partial charge in [-0.1, -0.05) is 35.1 Å². The molecule has 0 fully saturated rings. The third-order valence-corrected chi connectivity index (χ3v) is 4.38. The quantitative estimate of drug-likeness (QED) is 0.171. The average Bonchev–Trinajstić information content (AvgIpc) is 3.28. The van der Waals surface area contributed by atoms with E-state index >= 15 is 0 Å². The number of hydrogen-bond donors (Lipinski definition) is 0. The van der Waals surface area contributed by atoms with Gasteiger partial charge in [-0.2, -0.15) is 27.5 Å². The van der Waals surface area contributed by atoms with E-state index in [0.717, 1.165) is 23.5 Å². The number of allylic oxidation sites excluding steroid dienone is 2. The number of halogens is 10. The van der Waals surface area contributed by atoms with Crippen molar-refractivity contribution in [3.05, 3.63) is 35.2 Å². The summed E-state index contributed by atoms with van der Waals surface area (Å²) in [5.74, 6) is -3.08. The zero-order valence-corrected chi connectivity index (χ0v) is 21.2. The maximum absolute atomic E-state index is 12.3. The van der Waals surface area contributed by atoms with Crippen LogP contribution >= 0.6 is 74.0 Å². The Labute approximate surface area is 210 Å². The van der Waals surface area contributed by atoms with E-state index in [2.05, 4.69) is 43.7 Å². The Morgan fingerprint density at radius 3 is 1.85 bits per heavy atom. The van der Waals surface area contributed by atoms with Crippen LogP contribution in [-0.4, -0.2) is 34.2 Å². The number of hydrogen-bond acceptors (Lipinski definition) is 7. The van der Waals surface area contributed by atoms with Gasteiger partial charge in [-0.25, -0.2) is 8.78 Å². The molecule has 0 N–H and O–H groups in total. The first-order valence-electron chi connectivity index (χ1n) is 7.88. The van der Waals surface area contributed by atoms with Crippen LogP contribution in [0, 0.1) is 0 Å². The van der Waals surface area contributed by atoms with Crippen molar-refractivity contribution in [1.29, 1.82) is 0 Å². The topological polar surface area (TPSA) is 81.8 Å². The van der Waals surface area contributed by atoms with Crippen LogP contribution < -0.4 is 0 Å². The second-order valence-corrected chi connectivity index (χ2v) is 14.0. The fraction of sp³-hybridized carbons (Fsp3) is 0.357. The summed E-state index contributed by atoms with van der Waals surface area (Å²) in [6.45, 7) is -0.127. The lowest BCUT2D eigenvalue weighted by Gasteiger charge is -1.98. The number of aliphatic imine (C=N–C) groups is 1. The summed E-state index contributed by atoms with van der Waals surface area (Å²) in [7, 11) is 0. The maximum atomic E-state index is 12.3. The summed E-state index contributed by atoms with van der Waals surface area (Å²) < 4.78 is 89.9. The molecule has 0 saturated carbocycles. The lowest BCUT2D eigenvalue weighted by Crippen LogP contribution is -1.96. The summed E-state index contributed by atoms with van der Waals surface area (Å²) in [6, 6.07) is 0. The van der Waals surface area contributed by atoms with Gasteiger partial charge in [0, 0.05) is 24.3 Å². The van der Waals surface area contributed by atoms with Gasteiger partial charge in [-0.15, -0.1) is 0 Å². The molecule has 0 bridgehead atoms. The minimum Gasteiger partial charge on any atom is -0.463 e. The lowest BCUT2D eigenvalue weighted by atomic mass is 10.4. The molecule has 0 radical (unpaired) electrons. The minimum absolute atomic E-state index is 0.0648. The van der Waals surface area contributed by atoms with E-state index in [0.29, 0.717) is 0 Å². The van der Waals surface area contributed by atoms with Crippen molar-refractivity contribution in [1.82, 2.24) is 4.98 Å². The summed E-state index contributed by atoms with van der Waals surface area (Å²) in [5, 5.41) is -2.69. The maximum Gasteiger partial charge on any atom is 0.339 e. The molecular formula is C14H11Cl4F6N2O4PS2. The number of ether oxygens (including phenoxy) is 1. The number of nitrogens with zero attached hydrogens (tertiary/aromatic N) is 2. The van der Waals surface area contributed by atoms with E-state index < -0.39 is 41.3 Å². The van der Waals surface area contributed by atoms with Gasteiger partial charge in [0.1, 0.15) is 6.26 Å². The first-order valence-corrected chi connectivity index (χ1v) is 14.6. The van der Waals surface area contributed by atoms with E-state index in [-0.39, 0.29) is 40.1 Å². The number of aromatic nitrogens is 1. The molecule has 6 nitrogen and oxygen atoms in total. The summed E-state index contributed by atoms with van der Waals surface area (Å²) in [4.78, 5) is 17.6.